The van der Waals surface area contributed by atoms with E-state index in [2.05, 4.69) is 10.3 Å². The van der Waals surface area contributed by atoms with E-state index in [0.29, 0.717) is 11.4 Å². The maximum Gasteiger partial charge on any atom is 0.317 e. The molecule has 0 bridgehead atoms. The second-order valence-corrected chi connectivity index (χ2v) is 6.31. The quantitative estimate of drug-likeness (QED) is 0.392. The van der Waals surface area contributed by atoms with Gasteiger partial charge in [0.25, 0.3) is 0 Å². The number of phenols is 1. The molecule has 0 aliphatic carbocycles. The van der Waals surface area contributed by atoms with Crippen LogP contribution in [0.25, 0.3) is 11.0 Å². The van der Waals surface area contributed by atoms with Crippen LogP contribution in [0.2, 0.25) is 0 Å². The van der Waals surface area contributed by atoms with Gasteiger partial charge in [0.2, 0.25) is 5.91 Å². The third-order valence-corrected chi connectivity index (χ3v) is 4.69. The number of amides is 1. The van der Waals surface area contributed by atoms with E-state index in [1.165, 1.54) is 11.8 Å². The smallest absolute Gasteiger partial charge is 0.317 e. The molecule has 0 atom stereocenters. The molecule has 0 aliphatic heterocycles. The molecule has 0 radical (unpaired) electrons. The molecule has 0 fully saturated rings. The van der Waals surface area contributed by atoms with E-state index in [1.54, 1.807) is 25.1 Å². The molecule has 23 heavy (non-hydrogen) atoms. The van der Waals surface area contributed by atoms with E-state index in [4.69, 9.17) is 0 Å². The zero-order chi connectivity index (χ0) is 16.4. The van der Waals surface area contributed by atoms with Gasteiger partial charge in [-0.3, -0.25) is 4.79 Å². The van der Waals surface area contributed by atoms with Gasteiger partial charge < -0.3 is 10.4 Å². The summed E-state index contributed by atoms with van der Waals surface area (Å²) in [5, 5.41) is 13.3. The number of carbonyl (C=O) groups excluding carboxylic acids is 1. The molecule has 1 heterocycles. The minimum atomic E-state index is -0.0845. The lowest BCUT2D eigenvalue weighted by atomic mass is 10.2. The van der Waals surface area contributed by atoms with Crippen molar-refractivity contribution in [1.29, 1.82) is 0 Å². The molecule has 0 spiro atoms. The highest BCUT2D eigenvalue weighted by molar-refractivity contribution is 7.99. The number of nitrogens with zero attached hydrogens (tertiary/aromatic N) is 1. The lowest BCUT2D eigenvalue weighted by Gasteiger charge is -2.06. The number of aromatic hydroxyl groups is 1. The van der Waals surface area contributed by atoms with Gasteiger partial charge in [-0.05, 0) is 54.6 Å². The summed E-state index contributed by atoms with van der Waals surface area (Å²) in [7, 11) is 1.97. The van der Waals surface area contributed by atoms with Crippen LogP contribution >= 0.6 is 11.8 Å². The van der Waals surface area contributed by atoms with Crippen LogP contribution in [-0.2, 0) is 11.8 Å². The number of para-hydroxylation sites is 2. The number of nitrogens with one attached hydrogen (secondary N) is 2. The maximum atomic E-state index is 12.1. The number of aromatic nitrogens is 2. The normalized spacial score (nSPS) is 10.9. The number of phenolic OH excluding ortho intramolecular Hbond substituents is 1. The van der Waals surface area contributed by atoms with Crippen molar-refractivity contribution in [3.63, 3.8) is 0 Å². The van der Waals surface area contributed by atoms with Gasteiger partial charge in [-0.2, -0.15) is 0 Å². The zero-order valence-electron chi connectivity index (χ0n) is 13.0. The molecule has 1 amide bonds. The van der Waals surface area contributed by atoms with Gasteiger partial charge in [-0.25, -0.2) is 9.55 Å². The Bertz CT molecular complexity index is 873. The largest absolute Gasteiger partial charge is 0.508 e. The van der Waals surface area contributed by atoms with Crippen molar-refractivity contribution in [3.05, 3.63) is 48.0 Å². The summed E-state index contributed by atoms with van der Waals surface area (Å²) in [5.74, 6) is 0.446. The molecule has 3 N–H and O–H groups in total. The van der Waals surface area contributed by atoms with Gasteiger partial charge in [-0.15, -0.1) is 0 Å². The third-order valence-electron chi connectivity index (χ3n) is 3.63. The number of hydrogen-bond donors (Lipinski definition) is 3. The summed E-state index contributed by atoms with van der Waals surface area (Å²) in [6, 6.07) is 13.0. The fourth-order valence-electron chi connectivity index (χ4n) is 2.38. The minimum absolute atomic E-state index is 0.0845. The Labute approximate surface area is 138 Å². The molecule has 0 saturated carbocycles. The molecule has 118 valence electrons. The predicted molar refractivity (Wildman–Crippen MR) is 91.7 cm³/mol. The first-order valence-corrected chi connectivity index (χ1v) is 8.22. The van der Waals surface area contributed by atoms with Gasteiger partial charge in [-0.1, -0.05) is 12.1 Å². The lowest BCUT2D eigenvalue weighted by Crippen LogP contribution is -2.29. The Morgan fingerprint density at radius 2 is 2.09 bits per heavy atom. The molecule has 0 saturated heterocycles. The summed E-state index contributed by atoms with van der Waals surface area (Å²) >= 11 is 1.45. The Hall–Kier alpha value is -2.47. The van der Waals surface area contributed by atoms with E-state index in [9.17, 15) is 9.90 Å². The number of fused-ring (bicyclic) bond motifs is 1. The first-order valence-electron chi connectivity index (χ1n) is 7.23. The fraction of sp³-hybridized carbons (Fsp3) is 0.176. The van der Waals surface area contributed by atoms with E-state index in [0.717, 1.165) is 21.8 Å². The lowest BCUT2D eigenvalue weighted by molar-refractivity contribution is -0.683. The number of aromatic amines is 1. The Kier molecular flexibility index (Phi) is 4.25. The number of hydrogen-bond acceptors (Lipinski definition) is 3. The van der Waals surface area contributed by atoms with Crippen LogP contribution in [0.5, 0.6) is 5.75 Å². The second kappa shape index (κ2) is 6.34. The first-order chi connectivity index (χ1) is 11.0. The third kappa shape index (κ3) is 3.32. The highest BCUT2D eigenvalue weighted by Gasteiger charge is 2.16. The van der Waals surface area contributed by atoms with Crippen LogP contribution in [0, 0.1) is 6.92 Å². The Morgan fingerprint density at radius 1 is 1.30 bits per heavy atom. The standard InChI is InChI=1S/C17H17N3O2S/c1-11-9-12(7-8-15(11)21)18-16(22)10-23-17-19-13-5-3-4-6-14(13)20(17)2/h3-9H,10H2,1-2H3,(H2,18,21,22)/p+1. The highest BCUT2D eigenvalue weighted by Crippen LogP contribution is 2.21. The number of benzene rings is 2. The molecule has 1 aromatic heterocycles. The van der Waals surface area contributed by atoms with Crippen molar-refractivity contribution in [3.8, 4) is 5.75 Å². The number of carbonyl (C=O) groups is 1. The zero-order valence-corrected chi connectivity index (χ0v) is 13.8. The number of thioether (sulfide) groups is 1. The summed E-state index contributed by atoms with van der Waals surface area (Å²) in [5.41, 5.74) is 3.57. The van der Waals surface area contributed by atoms with Crippen LogP contribution in [0.15, 0.2) is 47.6 Å². The molecule has 3 rings (SSSR count). The van der Waals surface area contributed by atoms with Crippen LogP contribution in [-0.4, -0.2) is 21.8 Å². The van der Waals surface area contributed by atoms with Crippen LogP contribution < -0.4 is 9.88 Å². The van der Waals surface area contributed by atoms with E-state index in [1.807, 2.05) is 35.9 Å². The van der Waals surface area contributed by atoms with Crippen molar-refractivity contribution in [1.82, 2.24) is 4.98 Å². The van der Waals surface area contributed by atoms with E-state index < -0.39 is 0 Å². The number of imidazole rings is 1. The average Bonchev–Trinajstić information content (AvgIpc) is 2.86. The van der Waals surface area contributed by atoms with E-state index >= 15 is 0 Å². The molecule has 2 aromatic carbocycles. The number of H-pyrrole nitrogens is 1. The maximum absolute atomic E-state index is 12.1. The van der Waals surface area contributed by atoms with Crippen LogP contribution in [0.1, 0.15) is 5.56 Å². The molecular formula is C17H18N3O2S+. The van der Waals surface area contributed by atoms with Gasteiger partial charge >= 0.3 is 5.16 Å². The van der Waals surface area contributed by atoms with E-state index in [-0.39, 0.29) is 11.7 Å². The summed E-state index contributed by atoms with van der Waals surface area (Å²) < 4.78 is 2.04. The Balaban J connectivity index is 1.66. The Morgan fingerprint density at radius 3 is 2.83 bits per heavy atom. The highest BCUT2D eigenvalue weighted by atomic mass is 32.2. The monoisotopic (exact) mass is 328 g/mol. The molecule has 0 unspecified atom stereocenters. The van der Waals surface area contributed by atoms with Crippen molar-refractivity contribution >= 4 is 34.4 Å². The molecule has 3 aromatic rings. The van der Waals surface area contributed by atoms with Crippen LogP contribution in [0.4, 0.5) is 5.69 Å². The van der Waals surface area contributed by atoms with Crippen molar-refractivity contribution < 1.29 is 14.5 Å². The van der Waals surface area contributed by atoms with Crippen molar-refractivity contribution in [2.75, 3.05) is 11.1 Å². The summed E-state index contributed by atoms with van der Waals surface area (Å²) in [4.78, 5) is 15.4. The van der Waals surface area contributed by atoms with Crippen molar-refractivity contribution in [2.24, 2.45) is 7.05 Å². The van der Waals surface area contributed by atoms with Gasteiger partial charge in [0.05, 0.1) is 12.8 Å². The number of aryl methyl sites for hydroxylation is 2. The van der Waals surface area contributed by atoms with Gasteiger partial charge in [0, 0.05) is 5.69 Å². The summed E-state index contributed by atoms with van der Waals surface area (Å²) in [6.45, 7) is 1.80. The van der Waals surface area contributed by atoms with Gasteiger partial charge in [0.1, 0.15) is 5.75 Å². The van der Waals surface area contributed by atoms with Crippen molar-refractivity contribution in [2.45, 2.75) is 12.1 Å². The molecule has 0 aliphatic rings. The topological polar surface area (TPSA) is 69.0 Å². The average molecular weight is 328 g/mol. The summed E-state index contributed by atoms with van der Waals surface area (Å²) in [6.07, 6.45) is 0. The second-order valence-electron chi connectivity index (χ2n) is 5.34. The predicted octanol–water partition coefficient (Wildman–Crippen LogP) is 2.74. The van der Waals surface area contributed by atoms with Gasteiger partial charge in [0.15, 0.2) is 11.0 Å². The fourth-order valence-corrected chi connectivity index (χ4v) is 3.19. The molecular weight excluding hydrogens is 310 g/mol. The molecule has 5 nitrogen and oxygen atoms in total. The SMILES string of the molecule is Cc1cc(NC(=O)CSc2[nH]c3ccccc3[n+]2C)ccc1O. The van der Waals surface area contributed by atoms with Crippen LogP contribution in [0.3, 0.4) is 0 Å². The minimum Gasteiger partial charge on any atom is -0.508 e. The molecule has 6 heteroatoms. The number of rotatable bonds is 4. The first kappa shape index (κ1) is 15.4. The number of anilines is 1.